The largest absolute Gasteiger partial charge is 0.456 e. The molecule has 0 aliphatic heterocycles. The molecular formula is C118H93N4O+3. The second-order valence-electron chi connectivity index (χ2n) is 35.1. The smallest absolute Gasteiger partial charge is 0.213 e. The molecule has 0 radical (unpaired) electrons. The molecule has 0 amide bonds. The van der Waals surface area contributed by atoms with Crippen LogP contribution in [0.2, 0.25) is 0 Å². The predicted octanol–water partition coefficient (Wildman–Crippen LogP) is 29.4. The first-order valence-corrected chi connectivity index (χ1v) is 43.3. The summed E-state index contributed by atoms with van der Waals surface area (Å²) in [6.07, 6.45) is 7.00. The summed E-state index contributed by atoms with van der Waals surface area (Å²) in [6.45, 7) is 17.1. The van der Waals surface area contributed by atoms with E-state index in [1.54, 1.807) is 0 Å². The van der Waals surface area contributed by atoms with E-state index in [9.17, 15) is 0 Å². The van der Waals surface area contributed by atoms with Gasteiger partial charge in [0.1, 0.15) is 32.3 Å². The lowest BCUT2D eigenvalue weighted by Gasteiger charge is -2.23. The number of aryl methyl sites for hydroxylation is 6. The molecule has 0 fully saturated rings. The highest BCUT2D eigenvalue weighted by Gasteiger charge is 2.38. The maximum Gasteiger partial charge on any atom is 0.213 e. The normalized spacial score (nSPS) is 12.5. The van der Waals surface area contributed by atoms with E-state index < -0.39 is 0 Å². The van der Waals surface area contributed by atoms with Crippen LogP contribution in [0.25, 0.3) is 222 Å². The minimum Gasteiger partial charge on any atom is -0.456 e. The van der Waals surface area contributed by atoms with E-state index in [4.69, 9.17) is 4.42 Å². The van der Waals surface area contributed by atoms with Crippen LogP contribution >= 0.6 is 0 Å². The average molecular weight is 1580 g/mol. The number of hydrogen-bond donors (Lipinski definition) is 0. The van der Waals surface area contributed by atoms with Gasteiger partial charge in [0.05, 0.1) is 27.8 Å². The molecule has 0 atom stereocenters. The fourth-order valence-electron chi connectivity index (χ4n) is 21.0. The van der Waals surface area contributed by atoms with Crippen LogP contribution in [0, 0.1) is 26.7 Å². The third-order valence-electron chi connectivity index (χ3n) is 26.8. The van der Waals surface area contributed by atoms with Crippen molar-refractivity contribution >= 4 is 43.7 Å². The molecule has 0 spiro atoms. The molecule has 0 unspecified atom stereocenters. The van der Waals surface area contributed by atoms with Gasteiger partial charge in [-0.1, -0.05) is 313 Å². The van der Waals surface area contributed by atoms with E-state index in [0.717, 1.165) is 34.2 Å². The minimum absolute atomic E-state index is 0.0359. The van der Waals surface area contributed by atoms with Crippen LogP contribution in [-0.2, 0) is 33.1 Å². The molecule has 5 nitrogen and oxygen atoms in total. The van der Waals surface area contributed by atoms with Gasteiger partial charge in [-0.3, -0.25) is 0 Å². The van der Waals surface area contributed by atoms with Gasteiger partial charge in [-0.15, -0.1) is 0 Å². The number of fused-ring (bicyclic) bond motifs is 33. The molecule has 0 saturated heterocycles. The SMILES string of the molecule is Cc1cc2c(cc1-c1cc3c(c[n+]1C)-c1ccccc1-c1ccccc1-c1ccccc1-3)C(C)(C)c1ccccc1-2.Cc1cc2c(cc1-c1cc3c(c[n+]1C)-c1ccccc1-c1ccccc1-c1ccccc1-3)oc1ccccc12.Cc1cc2c3ccccc3n(CC(C)C)c2cc1-c1cc2c(c[n+]1C)-c1ccccc1-c1ccccc1-c1ccccc1-2. The summed E-state index contributed by atoms with van der Waals surface area (Å²) in [7, 11) is 6.55. The van der Waals surface area contributed by atoms with Crippen molar-refractivity contribution in [3.8, 4) is 178 Å². The molecule has 5 heteroatoms. The maximum atomic E-state index is 6.29. The Labute approximate surface area is 719 Å². The summed E-state index contributed by atoms with van der Waals surface area (Å²) >= 11 is 0. The van der Waals surface area contributed by atoms with Crippen molar-refractivity contribution in [2.45, 2.75) is 60.4 Å². The number of furan rings is 1. The van der Waals surface area contributed by atoms with E-state index in [2.05, 4.69) is 440 Å². The number of pyridine rings is 3. The third kappa shape index (κ3) is 12.1. The molecule has 4 aliphatic rings. The summed E-state index contributed by atoms with van der Waals surface area (Å²) < 4.78 is 15.7. The Morgan fingerprint density at radius 1 is 0.244 bits per heavy atom. The van der Waals surface area contributed by atoms with Gasteiger partial charge in [-0.2, -0.15) is 0 Å². The standard InChI is InChI=1S/C41H35N2.C40H32N.C37H26NO/c1-26(2)24-43-39-20-12-11-19-34(39)37-21-27(3)35(22-41(37)43)40-23-36-32-17-9-7-15-30(32)28-13-5-6-14-29(28)31-16-8-10-18-33(31)38(36)25-42(40)4;1-25-21-35-32-19-11-12-20-37(32)40(2,3)38(35)22-33(25)39-23-34-30-17-9-7-15-28(30)26-13-5-6-14-27(26)29-16-8-10-18-31(29)36(34)24-41(39)4;1-23-19-33-30-17-9-10-18-36(30)39-37(33)21-31(23)35-20-32-28-15-7-5-13-26(28)24-11-3-4-12-25(24)27-14-6-8-16-29(27)34(32)22-38(35)2/h5-23,25-26H,24H2,1-4H3;5-24H,1-4H3;3-22H,1-2H3/q3*+1. The number of para-hydroxylation sites is 2. The van der Waals surface area contributed by atoms with Gasteiger partial charge in [0.25, 0.3) is 0 Å². The number of rotatable bonds is 5. The fourth-order valence-corrected chi connectivity index (χ4v) is 21.0. The highest BCUT2D eigenvalue weighted by atomic mass is 16.3. The van der Waals surface area contributed by atoms with Crippen molar-refractivity contribution in [2.24, 2.45) is 27.1 Å². The average Bonchev–Trinajstić information content (AvgIpc) is 1.62. The van der Waals surface area contributed by atoms with Crippen molar-refractivity contribution in [1.29, 1.82) is 0 Å². The van der Waals surface area contributed by atoms with Crippen LogP contribution in [0.15, 0.2) is 369 Å². The highest BCUT2D eigenvalue weighted by molar-refractivity contribution is 6.12. The van der Waals surface area contributed by atoms with Gasteiger partial charge >= 0.3 is 0 Å². The third-order valence-corrected chi connectivity index (χ3v) is 26.8. The van der Waals surface area contributed by atoms with Gasteiger partial charge in [0.15, 0.2) is 18.6 Å². The fraction of sp³-hybridized carbons (Fsp3) is 0.110. The first-order chi connectivity index (χ1) is 60.1. The highest BCUT2D eigenvalue weighted by Crippen LogP contribution is 2.55. The van der Waals surface area contributed by atoms with Crippen LogP contribution in [-0.4, -0.2) is 4.57 Å². The molecule has 123 heavy (non-hydrogen) atoms. The molecule has 15 aromatic carbocycles. The molecule has 588 valence electrons. The Hall–Kier alpha value is -14.7. The van der Waals surface area contributed by atoms with Gasteiger partial charge < -0.3 is 8.98 Å². The summed E-state index contributed by atoms with van der Waals surface area (Å²) in [5, 5.41) is 4.99. The molecule has 0 saturated carbocycles. The molecule has 0 N–H and O–H groups in total. The lowest BCUT2D eigenvalue weighted by atomic mass is 9.80. The summed E-state index contributed by atoms with van der Waals surface area (Å²) in [6, 6.07) is 127. The second kappa shape index (κ2) is 29.4. The zero-order valence-corrected chi connectivity index (χ0v) is 71.1. The second-order valence-corrected chi connectivity index (χ2v) is 35.1. The summed E-state index contributed by atoms with van der Waals surface area (Å²) in [4.78, 5) is 0. The zero-order chi connectivity index (χ0) is 83.2. The van der Waals surface area contributed by atoms with Crippen LogP contribution in [0.1, 0.15) is 55.5 Å². The Bertz CT molecular complexity index is 7810. The predicted molar refractivity (Wildman–Crippen MR) is 512 cm³/mol. The summed E-state index contributed by atoms with van der Waals surface area (Å²) in [5.41, 5.74) is 51.6. The van der Waals surface area contributed by atoms with Crippen molar-refractivity contribution in [3.05, 3.63) is 392 Å². The van der Waals surface area contributed by atoms with Crippen LogP contribution in [0.3, 0.4) is 0 Å². The Kier molecular flexibility index (Phi) is 17.8. The van der Waals surface area contributed by atoms with E-state index >= 15 is 0 Å². The zero-order valence-electron chi connectivity index (χ0n) is 71.1. The first-order valence-electron chi connectivity index (χ1n) is 43.3. The maximum absolute atomic E-state index is 6.29. The van der Waals surface area contributed by atoms with Gasteiger partial charge in [0, 0.05) is 85.0 Å². The molecule has 4 aliphatic carbocycles. The van der Waals surface area contributed by atoms with Gasteiger partial charge in [-0.05, 0) is 208 Å². The minimum atomic E-state index is -0.0359. The van der Waals surface area contributed by atoms with Crippen molar-refractivity contribution in [3.63, 3.8) is 0 Å². The van der Waals surface area contributed by atoms with E-state index in [-0.39, 0.29) is 5.41 Å². The molecule has 24 rings (SSSR count). The lowest BCUT2D eigenvalue weighted by molar-refractivity contribution is -0.659. The van der Waals surface area contributed by atoms with Crippen LogP contribution in [0.4, 0.5) is 0 Å². The van der Waals surface area contributed by atoms with E-state index in [0.29, 0.717) is 5.92 Å². The topological polar surface area (TPSA) is 29.7 Å². The lowest BCUT2D eigenvalue weighted by Crippen LogP contribution is -2.31. The van der Waals surface area contributed by atoms with Gasteiger partial charge in [-0.25, -0.2) is 13.7 Å². The number of aromatic nitrogens is 4. The molecule has 0 bridgehead atoms. The Morgan fingerprint density at radius 2 is 0.545 bits per heavy atom. The number of nitrogens with zero attached hydrogens (tertiary/aromatic N) is 4. The first kappa shape index (κ1) is 74.6. The van der Waals surface area contributed by atoms with Crippen molar-refractivity contribution in [1.82, 2.24) is 4.57 Å². The summed E-state index contributed by atoms with van der Waals surface area (Å²) in [5.74, 6) is 0.552. The quantitative estimate of drug-likeness (QED) is 0.158. The molecule has 5 heterocycles. The van der Waals surface area contributed by atoms with E-state index in [1.165, 1.54) is 222 Å². The van der Waals surface area contributed by atoms with Gasteiger partial charge in [0.2, 0.25) is 17.1 Å². The van der Waals surface area contributed by atoms with Crippen LogP contribution in [0.5, 0.6) is 0 Å². The molecule has 5 aromatic heterocycles. The van der Waals surface area contributed by atoms with Crippen molar-refractivity contribution < 1.29 is 18.1 Å². The molecule has 20 aromatic rings. The number of benzene rings is 15. The monoisotopic (exact) mass is 1580 g/mol. The van der Waals surface area contributed by atoms with Crippen LogP contribution < -0.4 is 13.7 Å². The van der Waals surface area contributed by atoms with E-state index in [1.807, 2.05) is 12.1 Å². The Morgan fingerprint density at radius 3 is 0.935 bits per heavy atom. The molecular weight excluding hydrogens is 1490 g/mol. The number of hydrogen-bond acceptors (Lipinski definition) is 1. The Balaban J connectivity index is 0.000000110. The van der Waals surface area contributed by atoms with Crippen molar-refractivity contribution in [2.75, 3.05) is 0 Å².